The molecule has 0 aliphatic heterocycles. The number of carboxylic acids is 1. The molecular weight excluding hydrogens is 282 g/mol. The second-order valence-electron chi connectivity index (χ2n) is 5.19. The van der Waals surface area contributed by atoms with Crippen molar-refractivity contribution in [2.24, 2.45) is 7.05 Å². The first kappa shape index (κ1) is 15.8. The molecule has 6 heteroatoms. The van der Waals surface area contributed by atoms with Gasteiger partial charge >= 0.3 is 5.97 Å². The highest BCUT2D eigenvalue weighted by Crippen LogP contribution is 2.26. The van der Waals surface area contributed by atoms with Gasteiger partial charge in [-0.2, -0.15) is 5.10 Å². The van der Waals surface area contributed by atoms with E-state index in [1.54, 1.807) is 57.4 Å². The smallest absolute Gasteiger partial charge is 0.334 e. The van der Waals surface area contributed by atoms with E-state index in [1.165, 1.54) is 4.68 Å². The zero-order valence-electron chi connectivity index (χ0n) is 12.8. The van der Waals surface area contributed by atoms with Crippen molar-refractivity contribution < 1.29 is 14.7 Å². The number of aryl methyl sites for hydroxylation is 2. The van der Waals surface area contributed by atoms with Crippen molar-refractivity contribution >= 4 is 11.9 Å². The van der Waals surface area contributed by atoms with Crippen molar-refractivity contribution in [1.82, 2.24) is 15.1 Å². The SMILES string of the molecule is CC[C@@](NC(=O)c1cn(C)nc1C)(C(=O)O)c1ccccc1. The quantitative estimate of drug-likeness (QED) is 0.882. The van der Waals surface area contributed by atoms with E-state index < -0.39 is 17.4 Å². The molecule has 2 rings (SSSR count). The van der Waals surface area contributed by atoms with Gasteiger partial charge in [-0.25, -0.2) is 4.79 Å². The monoisotopic (exact) mass is 301 g/mol. The fourth-order valence-electron chi connectivity index (χ4n) is 2.50. The van der Waals surface area contributed by atoms with E-state index in [1.807, 2.05) is 0 Å². The van der Waals surface area contributed by atoms with Crippen molar-refractivity contribution in [2.45, 2.75) is 25.8 Å². The summed E-state index contributed by atoms with van der Waals surface area (Å²) in [6.45, 7) is 3.45. The first-order chi connectivity index (χ1) is 10.4. The molecule has 0 fully saturated rings. The number of nitrogens with one attached hydrogen (secondary N) is 1. The third-order valence-electron chi connectivity index (χ3n) is 3.75. The Bertz CT molecular complexity index is 694. The van der Waals surface area contributed by atoms with Crippen LogP contribution in [0, 0.1) is 6.92 Å². The maximum atomic E-state index is 12.5. The summed E-state index contributed by atoms with van der Waals surface area (Å²) in [6.07, 6.45) is 1.81. The Kier molecular flexibility index (Phi) is 4.30. The summed E-state index contributed by atoms with van der Waals surface area (Å²) in [6, 6.07) is 8.72. The summed E-state index contributed by atoms with van der Waals surface area (Å²) < 4.78 is 1.53. The summed E-state index contributed by atoms with van der Waals surface area (Å²) in [5, 5.41) is 16.5. The van der Waals surface area contributed by atoms with Gasteiger partial charge in [-0.3, -0.25) is 9.48 Å². The second-order valence-corrected chi connectivity index (χ2v) is 5.19. The van der Waals surface area contributed by atoms with Gasteiger partial charge < -0.3 is 10.4 Å². The van der Waals surface area contributed by atoms with Gasteiger partial charge in [0.25, 0.3) is 5.91 Å². The summed E-state index contributed by atoms with van der Waals surface area (Å²) in [7, 11) is 1.71. The van der Waals surface area contributed by atoms with Crippen LogP contribution in [0.5, 0.6) is 0 Å². The molecule has 0 spiro atoms. The van der Waals surface area contributed by atoms with Crippen LogP contribution in [-0.2, 0) is 17.4 Å². The van der Waals surface area contributed by atoms with E-state index in [4.69, 9.17) is 0 Å². The molecule has 22 heavy (non-hydrogen) atoms. The second kappa shape index (κ2) is 6.01. The number of nitrogens with zero attached hydrogens (tertiary/aromatic N) is 2. The molecule has 0 radical (unpaired) electrons. The molecule has 1 aromatic heterocycles. The number of rotatable bonds is 5. The summed E-state index contributed by atoms with van der Waals surface area (Å²) in [5.41, 5.74) is 0.0153. The first-order valence-corrected chi connectivity index (χ1v) is 7.02. The van der Waals surface area contributed by atoms with Gasteiger partial charge in [0.1, 0.15) is 0 Å². The Hall–Kier alpha value is -2.63. The Morgan fingerprint density at radius 2 is 1.95 bits per heavy atom. The molecule has 1 amide bonds. The number of hydrogen-bond donors (Lipinski definition) is 2. The summed E-state index contributed by atoms with van der Waals surface area (Å²) in [5.74, 6) is -1.53. The van der Waals surface area contributed by atoms with Crippen LogP contribution in [0.4, 0.5) is 0 Å². The van der Waals surface area contributed by atoms with Crippen LogP contribution in [0.1, 0.15) is 35.0 Å². The fourth-order valence-corrected chi connectivity index (χ4v) is 2.50. The minimum atomic E-state index is -1.46. The Morgan fingerprint density at radius 3 is 2.41 bits per heavy atom. The van der Waals surface area contributed by atoms with Crippen LogP contribution in [0.15, 0.2) is 36.5 Å². The Balaban J connectivity index is 2.42. The average Bonchev–Trinajstić information content (AvgIpc) is 2.84. The molecule has 0 saturated heterocycles. The predicted molar refractivity (Wildman–Crippen MR) is 81.5 cm³/mol. The molecule has 6 nitrogen and oxygen atoms in total. The van der Waals surface area contributed by atoms with Crippen molar-refractivity contribution in [1.29, 1.82) is 0 Å². The molecule has 0 aliphatic carbocycles. The standard InChI is InChI=1S/C16H19N3O3/c1-4-16(15(21)22,12-8-6-5-7-9-12)17-14(20)13-10-19(3)18-11(13)2/h5-10H,4H2,1-3H3,(H,17,20)(H,21,22)/t16-/m0/s1. The summed E-state index contributed by atoms with van der Waals surface area (Å²) >= 11 is 0. The van der Waals surface area contributed by atoms with E-state index in [-0.39, 0.29) is 6.42 Å². The van der Waals surface area contributed by atoms with E-state index in [0.29, 0.717) is 16.8 Å². The lowest BCUT2D eigenvalue weighted by molar-refractivity contribution is -0.145. The van der Waals surface area contributed by atoms with Gasteiger partial charge in [0, 0.05) is 13.2 Å². The van der Waals surface area contributed by atoms with Gasteiger partial charge in [0.2, 0.25) is 0 Å². The minimum absolute atomic E-state index is 0.234. The highest BCUT2D eigenvalue weighted by atomic mass is 16.4. The van der Waals surface area contributed by atoms with Gasteiger partial charge in [-0.1, -0.05) is 37.3 Å². The van der Waals surface area contributed by atoms with E-state index in [9.17, 15) is 14.7 Å². The van der Waals surface area contributed by atoms with Gasteiger partial charge in [0.05, 0.1) is 11.3 Å². The van der Waals surface area contributed by atoms with Crippen LogP contribution in [0.3, 0.4) is 0 Å². The molecule has 1 aromatic carbocycles. The number of aromatic nitrogens is 2. The lowest BCUT2D eigenvalue weighted by Crippen LogP contribution is -2.51. The largest absolute Gasteiger partial charge is 0.479 e. The third kappa shape index (κ3) is 2.72. The molecule has 2 N–H and O–H groups in total. The van der Waals surface area contributed by atoms with Crippen LogP contribution in [0.2, 0.25) is 0 Å². The van der Waals surface area contributed by atoms with Crippen LogP contribution in [0.25, 0.3) is 0 Å². The number of carbonyl (C=O) groups excluding carboxylic acids is 1. The number of carboxylic acid groups (broad SMARTS) is 1. The fraction of sp³-hybridized carbons (Fsp3) is 0.312. The van der Waals surface area contributed by atoms with Gasteiger partial charge in [-0.15, -0.1) is 0 Å². The molecular formula is C16H19N3O3. The third-order valence-corrected chi connectivity index (χ3v) is 3.75. The van der Waals surface area contributed by atoms with E-state index in [0.717, 1.165) is 0 Å². The number of amides is 1. The number of hydrogen-bond acceptors (Lipinski definition) is 3. The van der Waals surface area contributed by atoms with Crippen LogP contribution < -0.4 is 5.32 Å². The van der Waals surface area contributed by atoms with Crippen LogP contribution >= 0.6 is 0 Å². The van der Waals surface area contributed by atoms with E-state index in [2.05, 4.69) is 10.4 Å². The molecule has 0 unspecified atom stereocenters. The van der Waals surface area contributed by atoms with Crippen molar-refractivity contribution in [3.8, 4) is 0 Å². The normalized spacial score (nSPS) is 13.4. The molecule has 0 aliphatic rings. The summed E-state index contributed by atoms with van der Waals surface area (Å²) in [4.78, 5) is 24.4. The lowest BCUT2D eigenvalue weighted by atomic mass is 9.87. The Morgan fingerprint density at radius 1 is 1.32 bits per heavy atom. The van der Waals surface area contributed by atoms with Crippen molar-refractivity contribution in [3.05, 3.63) is 53.3 Å². The van der Waals surface area contributed by atoms with Gasteiger partial charge in [0.15, 0.2) is 5.54 Å². The van der Waals surface area contributed by atoms with Crippen molar-refractivity contribution in [2.75, 3.05) is 0 Å². The number of benzene rings is 1. The lowest BCUT2D eigenvalue weighted by Gasteiger charge is -2.29. The predicted octanol–water partition coefficient (Wildman–Crippen LogP) is 1.85. The number of aliphatic carboxylic acids is 1. The molecule has 2 aromatic rings. The zero-order chi connectivity index (χ0) is 16.3. The molecule has 116 valence electrons. The Labute approximate surface area is 128 Å². The van der Waals surface area contributed by atoms with E-state index >= 15 is 0 Å². The highest BCUT2D eigenvalue weighted by molar-refractivity contribution is 5.98. The topological polar surface area (TPSA) is 84.2 Å². The average molecular weight is 301 g/mol. The molecule has 1 heterocycles. The zero-order valence-corrected chi connectivity index (χ0v) is 12.8. The first-order valence-electron chi connectivity index (χ1n) is 7.02. The van der Waals surface area contributed by atoms with Gasteiger partial charge in [-0.05, 0) is 18.9 Å². The molecule has 0 bridgehead atoms. The molecule has 1 atom stereocenters. The maximum absolute atomic E-state index is 12.5. The molecule has 0 saturated carbocycles. The maximum Gasteiger partial charge on any atom is 0.334 e. The number of carbonyl (C=O) groups is 2. The van der Waals surface area contributed by atoms with Crippen molar-refractivity contribution in [3.63, 3.8) is 0 Å². The highest BCUT2D eigenvalue weighted by Gasteiger charge is 2.40. The van der Waals surface area contributed by atoms with Crippen LogP contribution in [-0.4, -0.2) is 26.8 Å². The minimum Gasteiger partial charge on any atom is -0.479 e.